The summed E-state index contributed by atoms with van der Waals surface area (Å²) in [7, 11) is 0. The first-order chi connectivity index (χ1) is 23.5. The van der Waals surface area contributed by atoms with Crippen LogP contribution < -0.4 is 11.1 Å². The zero-order valence-electron chi connectivity index (χ0n) is 27.7. The van der Waals surface area contributed by atoms with Gasteiger partial charge in [-0.1, -0.05) is 54.6 Å². The van der Waals surface area contributed by atoms with Crippen molar-refractivity contribution >= 4 is 29.6 Å². The zero-order valence-corrected chi connectivity index (χ0v) is 27.7. The Morgan fingerprint density at radius 3 is 1.51 bits per heavy atom. The maximum Gasteiger partial charge on any atom is 0.317 e. The topological polar surface area (TPSA) is 206 Å². The number of carboxylic acid groups (broad SMARTS) is 3. The SMILES string of the molecule is N[C@H](Cc1ccc(CNC(=O)CN2CCN(CC(=O)O)CCN(CC(=O)O)CCN(CC(=O)O)CC2)cc1)C(=O)COCc1ccccc1. The number of ketones is 1. The van der Waals surface area contributed by atoms with E-state index in [9.17, 15) is 39.3 Å². The third kappa shape index (κ3) is 16.1. The van der Waals surface area contributed by atoms with Gasteiger partial charge in [0.05, 0.1) is 38.8 Å². The summed E-state index contributed by atoms with van der Waals surface area (Å²) in [5.41, 5.74) is 8.82. The van der Waals surface area contributed by atoms with E-state index in [1.165, 1.54) is 0 Å². The summed E-state index contributed by atoms with van der Waals surface area (Å²) >= 11 is 0. The predicted molar refractivity (Wildman–Crippen MR) is 180 cm³/mol. The van der Waals surface area contributed by atoms with E-state index < -0.39 is 23.9 Å². The number of carbonyl (C=O) groups excluding carboxylic acids is 2. The number of nitrogens with two attached hydrogens (primary N) is 1. The molecule has 1 amide bonds. The number of aliphatic carboxylic acids is 3. The highest BCUT2D eigenvalue weighted by atomic mass is 16.5. The van der Waals surface area contributed by atoms with E-state index in [4.69, 9.17) is 10.5 Å². The molecule has 1 fully saturated rings. The molecule has 1 heterocycles. The van der Waals surface area contributed by atoms with Crippen molar-refractivity contribution in [2.45, 2.75) is 25.6 Å². The monoisotopic (exact) mass is 684 g/mol. The molecule has 15 heteroatoms. The molecule has 0 spiro atoms. The minimum absolute atomic E-state index is 0.0222. The number of ether oxygens (including phenoxy) is 1. The lowest BCUT2D eigenvalue weighted by Crippen LogP contribution is -2.49. The second-order valence-corrected chi connectivity index (χ2v) is 12.1. The number of hydrogen-bond acceptors (Lipinski definition) is 11. The number of amides is 1. The summed E-state index contributed by atoms with van der Waals surface area (Å²) in [4.78, 5) is 66.8. The Morgan fingerprint density at radius 2 is 1.06 bits per heavy atom. The Labute approximate surface area is 286 Å². The molecule has 6 N–H and O–H groups in total. The van der Waals surface area contributed by atoms with Crippen molar-refractivity contribution in [3.05, 3.63) is 71.3 Å². The molecule has 2 aromatic rings. The summed E-state index contributed by atoms with van der Waals surface area (Å²) in [6, 6.07) is 16.3. The number of nitrogens with one attached hydrogen (secondary N) is 1. The van der Waals surface area contributed by atoms with E-state index in [2.05, 4.69) is 5.32 Å². The van der Waals surface area contributed by atoms with Gasteiger partial charge in [0.1, 0.15) is 6.61 Å². The number of nitrogens with zero attached hydrogens (tertiary/aromatic N) is 4. The average molecular weight is 685 g/mol. The Kier molecular flexibility index (Phi) is 16.8. The molecule has 0 bridgehead atoms. The van der Waals surface area contributed by atoms with Gasteiger partial charge in [-0.15, -0.1) is 0 Å². The molecule has 1 saturated heterocycles. The van der Waals surface area contributed by atoms with Gasteiger partial charge in [-0.25, -0.2) is 0 Å². The van der Waals surface area contributed by atoms with E-state index in [1.54, 1.807) is 14.7 Å². The van der Waals surface area contributed by atoms with Gasteiger partial charge in [0.2, 0.25) is 5.91 Å². The van der Waals surface area contributed by atoms with Gasteiger partial charge in [-0.05, 0) is 23.1 Å². The molecule has 1 aliphatic rings. The fourth-order valence-corrected chi connectivity index (χ4v) is 5.36. The summed E-state index contributed by atoms with van der Waals surface area (Å²) < 4.78 is 5.52. The van der Waals surface area contributed by atoms with E-state index >= 15 is 0 Å². The van der Waals surface area contributed by atoms with Gasteiger partial charge in [-0.2, -0.15) is 0 Å². The molecule has 0 radical (unpaired) electrons. The summed E-state index contributed by atoms with van der Waals surface area (Å²) in [6.07, 6.45) is 0.352. The lowest BCUT2D eigenvalue weighted by atomic mass is 10.0. The van der Waals surface area contributed by atoms with Gasteiger partial charge in [0.25, 0.3) is 0 Å². The van der Waals surface area contributed by atoms with E-state index in [0.717, 1.165) is 16.7 Å². The maximum atomic E-state index is 13.0. The van der Waals surface area contributed by atoms with Crippen LogP contribution in [-0.4, -0.2) is 156 Å². The summed E-state index contributed by atoms with van der Waals surface area (Å²) in [6.45, 7) is 2.39. The van der Waals surface area contributed by atoms with E-state index in [-0.39, 0.29) is 51.0 Å². The second kappa shape index (κ2) is 21.0. The van der Waals surface area contributed by atoms with Gasteiger partial charge >= 0.3 is 17.9 Å². The fourth-order valence-electron chi connectivity index (χ4n) is 5.36. The molecule has 0 saturated carbocycles. The van der Waals surface area contributed by atoms with Gasteiger partial charge < -0.3 is 31.1 Å². The highest BCUT2D eigenvalue weighted by molar-refractivity contribution is 5.85. The normalized spacial score (nSPS) is 16.6. The van der Waals surface area contributed by atoms with Crippen LogP contribution in [0.2, 0.25) is 0 Å². The standard InChI is InChI=1S/C34H48N6O9/c35-29(30(41)25-49-24-28-4-2-1-3-5-28)18-26-6-8-27(9-7-26)19-36-31(42)20-37-10-12-38(21-32(43)44)14-16-40(23-34(47)48)17-15-39(13-11-37)22-33(45)46/h1-9,29H,10-25,35H2,(H,36,42)(H,43,44)(H,45,46)(H,47,48)/t29-/m1/s1. The third-order valence-corrected chi connectivity index (χ3v) is 8.11. The van der Waals surface area contributed by atoms with Crippen LogP contribution >= 0.6 is 0 Å². The van der Waals surface area contributed by atoms with Crippen molar-refractivity contribution in [3.63, 3.8) is 0 Å². The predicted octanol–water partition coefficient (Wildman–Crippen LogP) is -0.566. The van der Waals surface area contributed by atoms with Crippen molar-refractivity contribution in [3.8, 4) is 0 Å². The number of rotatable bonds is 17. The summed E-state index contributed by atoms with van der Waals surface area (Å²) in [5, 5.41) is 31.0. The molecule has 3 rings (SSSR count). The van der Waals surface area contributed by atoms with Crippen molar-refractivity contribution in [1.29, 1.82) is 0 Å². The lowest BCUT2D eigenvalue weighted by molar-refractivity contribution is -0.140. The quantitative estimate of drug-likeness (QED) is 0.142. The lowest BCUT2D eigenvalue weighted by Gasteiger charge is -2.32. The Hall–Kier alpha value is -4.25. The van der Waals surface area contributed by atoms with Crippen LogP contribution in [0.1, 0.15) is 16.7 Å². The smallest absolute Gasteiger partial charge is 0.317 e. The molecule has 0 aliphatic carbocycles. The number of carbonyl (C=O) groups is 5. The maximum absolute atomic E-state index is 13.0. The van der Waals surface area contributed by atoms with Crippen molar-refractivity contribution in [2.24, 2.45) is 5.73 Å². The number of benzene rings is 2. The van der Waals surface area contributed by atoms with E-state index in [0.29, 0.717) is 65.4 Å². The van der Waals surface area contributed by atoms with Crippen LogP contribution in [-0.2, 0) is 48.3 Å². The van der Waals surface area contributed by atoms with Crippen LogP contribution in [0.15, 0.2) is 54.6 Å². The second-order valence-electron chi connectivity index (χ2n) is 12.1. The highest BCUT2D eigenvalue weighted by Gasteiger charge is 2.21. The average Bonchev–Trinajstić information content (AvgIpc) is 3.05. The van der Waals surface area contributed by atoms with Crippen molar-refractivity contribution in [1.82, 2.24) is 24.9 Å². The zero-order chi connectivity index (χ0) is 35.6. The molecule has 0 aromatic heterocycles. The summed E-state index contributed by atoms with van der Waals surface area (Å²) in [5.74, 6) is -3.48. The van der Waals surface area contributed by atoms with Crippen LogP contribution in [0.4, 0.5) is 0 Å². The molecule has 0 unspecified atom stereocenters. The van der Waals surface area contributed by atoms with E-state index in [1.807, 2.05) is 59.5 Å². The van der Waals surface area contributed by atoms with Gasteiger partial charge in [0, 0.05) is 58.9 Å². The number of Topliss-reactive ketones (excluding diaryl/α,β-unsaturated/α-hetero) is 1. The minimum atomic E-state index is -1.02. The van der Waals surface area contributed by atoms with Crippen molar-refractivity contribution < 1.29 is 44.0 Å². The first-order valence-electron chi connectivity index (χ1n) is 16.3. The first kappa shape index (κ1) is 39.2. The highest BCUT2D eigenvalue weighted by Crippen LogP contribution is 2.08. The van der Waals surface area contributed by atoms with Crippen LogP contribution in [0.3, 0.4) is 0 Å². The largest absolute Gasteiger partial charge is 0.480 e. The molecule has 268 valence electrons. The Balaban J connectivity index is 1.51. The van der Waals surface area contributed by atoms with Crippen LogP contribution in [0.25, 0.3) is 0 Å². The Morgan fingerprint density at radius 1 is 0.633 bits per heavy atom. The fraction of sp³-hybridized carbons (Fsp3) is 0.500. The third-order valence-electron chi connectivity index (χ3n) is 8.11. The van der Waals surface area contributed by atoms with Gasteiger partial charge in [0.15, 0.2) is 5.78 Å². The molecular weight excluding hydrogens is 636 g/mol. The molecule has 49 heavy (non-hydrogen) atoms. The molecule has 1 atom stereocenters. The van der Waals surface area contributed by atoms with Gasteiger partial charge in [-0.3, -0.25) is 43.6 Å². The Bertz CT molecular complexity index is 1330. The van der Waals surface area contributed by atoms with Crippen LogP contribution in [0.5, 0.6) is 0 Å². The number of hydrogen-bond donors (Lipinski definition) is 5. The van der Waals surface area contributed by atoms with Crippen LogP contribution in [0, 0.1) is 0 Å². The molecular formula is C34H48N6O9. The minimum Gasteiger partial charge on any atom is -0.480 e. The van der Waals surface area contributed by atoms with Crippen molar-refractivity contribution in [2.75, 3.05) is 85.1 Å². The molecule has 1 aliphatic heterocycles. The first-order valence-corrected chi connectivity index (χ1v) is 16.3. The molecule has 15 nitrogen and oxygen atoms in total. The molecule has 2 aromatic carbocycles. The number of carboxylic acids is 3.